The van der Waals surface area contributed by atoms with Crippen molar-refractivity contribution >= 4 is 32.5 Å². The Kier molecular flexibility index (Phi) is 4.80. The molecule has 3 aromatic rings. The number of fused-ring (bicyclic) bond motifs is 1. The van der Waals surface area contributed by atoms with Crippen LogP contribution in [0.1, 0.15) is 12.0 Å². The number of ether oxygens (including phenoxy) is 1. The lowest BCUT2D eigenvalue weighted by atomic mass is 10.2. The monoisotopic (exact) mass is 402 g/mol. The fourth-order valence-corrected chi connectivity index (χ4v) is 5.26. The largest absolute Gasteiger partial charge is 0.473 e. The number of nitrogens with zero attached hydrogens (tertiary/aromatic N) is 2. The van der Waals surface area contributed by atoms with Crippen molar-refractivity contribution < 1.29 is 13.2 Å². The molecule has 0 N–H and O–H groups in total. The number of halogens is 1. The third-order valence-electron chi connectivity index (χ3n) is 4.74. The van der Waals surface area contributed by atoms with Crippen LogP contribution in [0.4, 0.5) is 0 Å². The predicted molar refractivity (Wildman–Crippen MR) is 106 cm³/mol. The highest BCUT2D eigenvalue weighted by Crippen LogP contribution is 2.28. The first-order valence-corrected chi connectivity index (χ1v) is 10.5. The van der Waals surface area contributed by atoms with E-state index in [0.29, 0.717) is 36.0 Å². The first-order valence-electron chi connectivity index (χ1n) is 8.72. The van der Waals surface area contributed by atoms with Crippen LogP contribution in [-0.4, -0.2) is 36.9 Å². The van der Waals surface area contributed by atoms with E-state index in [0.717, 1.165) is 10.9 Å². The number of rotatable bonds is 4. The summed E-state index contributed by atoms with van der Waals surface area (Å²) >= 11 is 6.00. The van der Waals surface area contributed by atoms with Crippen LogP contribution in [0.25, 0.3) is 10.9 Å². The topological polar surface area (TPSA) is 59.5 Å². The maximum absolute atomic E-state index is 13.0. The Morgan fingerprint density at radius 1 is 1.15 bits per heavy atom. The highest BCUT2D eigenvalue weighted by atomic mass is 35.5. The molecule has 0 saturated carbocycles. The molecule has 27 heavy (non-hydrogen) atoms. The van der Waals surface area contributed by atoms with E-state index >= 15 is 0 Å². The Morgan fingerprint density at radius 2 is 1.96 bits per heavy atom. The van der Waals surface area contributed by atoms with Crippen LogP contribution in [0, 0.1) is 6.92 Å². The number of para-hydroxylation sites is 1. The molecule has 0 radical (unpaired) electrons. The molecule has 7 heteroatoms. The van der Waals surface area contributed by atoms with Crippen LogP contribution in [0.2, 0.25) is 5.02 Å². The first kappa shape index (κ1) is 18.2. The van der Waals surface area contributed by atoms with Gasteiger partial charge in [-0.1, -0.05) is 35.9 Å². The Morgan fingerprint density at radius 3 is 2.81 bits per heavy atom. The van der Waals surface area contributed by atoms with E-state index in [1.807, 2.05) is 36.4 Å². The number of hydrogen-bond donors (Lipinski definition) is 0. The SMILES string of the molecule is Cc1ccc(Cl)cc1S(=O)(=O)N1CCC(Oc2ccc3ccccc3n2)C1. The summed E-state index contributed by atoms with van der Waals surface area (Å²) in [6.45, 7) is 2.47. The minimum absolute atomic E-state index is 0.229. The summed E-state index contributed by atoms with van der Waals surface area (Å²) in [5, 5.41) is 1.45. The molecule has 0 aliphatic carbocycles. The normalized spacial score (nSPS) is 18.1. The molecule has 140 valence electrons. The quantitative estimate of drug-likeness (QED) is 0.660. The van der Waals surface area contributed by atoms with Crippen LogP contribution in [0.3, 0.4) is 0 Å². The molecule has 4 rings (SSSR count). The van der Waals surface area contributed by atoms with E-state index in [2.05, 4.69) is 4.98 Å². The Hall–Kier alpha value is -2.15. The summed E-state index contributed by atoms with van der Waals surface area (Å²) in [6.07, 6.45) is 0.390. The van der Waals surface area contributed by atoms with E-state index in [-0.39, 0.29) is 11.0 Å². The van der Waals surface area contributed by atoms with Crippen LogP contribution in [-0.2, 0) is 10.0 Å². The van der Waals surface area contributed by atoms with Crippen molar-refractivity contribution in [2.75, 3.05) is 13.1 Å². The number of hydrogen-bond acceptors (Lipinski definition) is 4. The zero-order valence-corrected chi connectivity index (χ0v) is 16.4. The molecule has 1 atom stereocenters. The zero-order chi connectivity index (χ0) is 19.0. The van der Waals surface area contributed by atoms with Gasteiger partial charge in [-0.2, -0.15) is 4.31 Å². The van der Waals surface area contributed by atoms with Crippen molar-refractivity contribution in [2.24, 2.45) is 0 Å². The van der Waals surface area contributed by atoms with Crippen molar-refractivity contribution in [3.8, 4) is 5.88 Å². The number of aromatic nitrogens is 1. The third-order valence-corrected chi connectivity index (χ3v) is 6.98. The lowest BCUT2D eigenvalue weighted by Crippen LogP contribution is -2.31. The second kappa shape index (κ2) is 7.11. The van der Waals surface area contributed by atoms with Gasteiger partial charge in [-0.3, -0.25) is 0 Å². The molecular weight excluding hydrogens is 384 g/mol. The highest BCUT2D eigenvalue weighted by molar-refractivity contribution is 7.89. The molecule has 1 unspecified atom stereocenters. The Bertz CT molecular complexity index is 1100. The fraction of sp³-hybridized carbons (Fsp3) is 0.250. The van der Waals surface area contributed by atoms with Gasteiger partial charge in [0.15, 0.2) is 0 Å². The van der Waals surface area contributed by atoms with Crippen molar-refractivity contribution in [3.05, 3.63) is 65.2 Å². The van der Waals surface area contributed by atoms with Crippen molar-refractivity contribution in [1.29, 1.82) is 0 Å². The van der Waals surface area contributed by atoms with Crippen molar-refractivity contribution in [3.63, 3.8) is 0 Å². The summed E-state index contributed by atoms with van der Waals surface area (Å²) < 4.78 is 33.4. The lowest BCUT2D eigenvalue weighted by molar-refractivity contribution is 0.207. The van der Waals surface area contributed by atoms with Gasteiger partial charge in [0, 0.05) is 23.0 Å². The summed E-state index contributed by atoms with van der Waals surface area (Å²) in [6, 6.07) is 16.5. The minimum atomic E-state index is -3.60. The van der Waals surface area contributed by atoms with Crippen molar-refractivity contribution in [1.82, 2.24) is 9.29 Å². The smallest absolute Gasteiger partial charge is 0.243 e. The molecular formula is C20H19ClN2O3S. The standard InChI is InChI=1S/C20H19ClN2O3S/c1-14-6-8-16(21)12-19(14)27(24,25)23-11-10-17(13-23)26-20-9-7-15-4-2-3-5-18(15)22-20/h2-9,12,17H,10-11,13H2,1H3. The third kappa shape index (κ3) is 3.65. The Labute approximate surface area is 163 Å². The lowest BCUT2D eigenvalue weighted by Gasteiger charge is -2.18. The predicted octanol–water partition coefficient (Wildman–Crippen LogP) is 4.04. The molecule has 1 fully saturated rings. The van der Waals surface area contributed by atoms with Gasteiger partial charge in [0.1, 0.15) is 6.10 Å². The maximum Gasteiger partial charge on any atom is 0.243 e. The number of benzene rings is 2. The molecule has 0 bridgehead atoms. The fourth-order valence-electron chi connectivity index (χ4n) is 3.29. The van der Waals surface area contributed by atoms with Gasteiger partial charge >= 0.3 is 0 Å². The van der Waals surface area contributed by atoms with Crippen molar-refractivity contribution in [2.45, 2.75) is 24.3 Å². The molecule has 2 heterocycles. The molecule has 1 aromatic heterocycles. The summed E-state index contributed by atoms with van der Waals surface area (Å²) in [7, 11) is -3.60. The number of aryl methyl sites for hydroxylation is 1. The van der Waals surface area contributed by atoms with Gasteiger partial charge in [0.25, 0.3) is 0 Å². The van der Waals surface area contributed by atoms with E-state index in [1.165, 1.54) is 10.4 Å². The van der Waals surface area contributed by atoms with Gasteiger partial charge in [0.2, 0.25) is 15.9 Å². The van der Waals surface area contributed by atoms with Gasteiger partial charge in [0.05, 0.1) is 17.0 Å². The zero-order valence-electron chi connectivity index (χ0n) is 14.8. The molecule has 0 spiro atoms. The van der Waals surface area contributed by atoms with E-state index in [4.69, 9.17) is 16.3 Å². The molecule has 1 saturated heterocycles. The highest BCUT2D eigenvalue weighted by Gasteiger charge is 2.34. The molecule has 1 aliphatic heterocycles. The summed E-state index contributed by atoms with van der Waals surface area (Å²) in [5.74, 6) is 0.511. The van der Waals surface area contributed by atoms with Gasteiger partial charge in [-0.25, -0.2) is 13.4 Å². The Balaban J connectivity index is 1.51. The van der Waals surface area contributed by atoms with E-state index in [9.17, 15) is 8.42 Å². The summed E-state index contributed by atoms with van der Waals surface area (Å²) in [5.41, 5.74) is 1.53. The first-order chi connectivity index (χ1) is 12.9. The van der Waals surface area contributed by atoms with Crippen LogP contribution < -0.4 is 4.74 Å². The number of sulfonamides is 1. The second-order valence-corrected chi connectivity index (χ2v) is 8.99. The van der Waals surface area contributed by atoms with Crippen LogP contribution >= 0.6 is 11.6 Å². The van der Waals surface area contributed by atoms with E-state index in [1.54, 1.807) is 19.1 Å². The average molecular weight is 403 g/mol. The molecule has 2 aromatic carbocycles. The number of pyridine rings is 1. The molecule has 0 amide bonds. The van der Waals surface area contributed by atoms with Gasteiger partial charge < -0.3 is 4.74 Å². The summed E-state index contributed by atoms with van der Waals surface area (Å²) in [4.78, 5) is 4.75. The van der Waals surface area contributed by atoms with Crippen LogP contribution in [0.5, 0.6) is 5.88 Å². The molecule has 5 nitrogen and oxygen atoms in total. The average Bonchev–Trinajstić information content (AvgIpc) is 3.13. The van der Waals surface area contributed by atoms with E-state index < -0.39 is 10.0 Å². The van der Waals surface area contributed by atoms with Gasteiger partial charge in [-0.05, 0) is 43.2 Å². The minimum Gasteiger partial charge on any atom is -0.473 e. The molecule has 1 aliphatic rings. The second-order valence-electron chi connectivity index (χ2n) is 6.64. The van der Waals surface area contributed by atoms with Gasteiger partial charge in [-0.15, -0.1) is 0 Å². The van der Waals surface area contributed by atoms with Crippen LogP contribution in [0.15, 0.2) is 59.5 Å². The maximum atomic E-state index is 13.0.